The highest BCUT2D eigenvalue weighted by Gasteiger charge is 1.99. The Morgan fingerprint density at radius 1 is 1.64 bits per heavy atom. The van der Waals surface area contributed by atoms with Gasteiger partial charge in [0.1, 0.15) is 6.33 Å². The molecule has 1 N–H and O–H groups in total. The number of carbonyl (C=O) groups is 1. The summed E-state index contributed by atoms with van der Waals surface area (Å²) in [4.78, 5) is 13.8. The molecule has 5 heteroatoms. The molecule has 1 aromatic rings. The fourth-order valence-corrected chi connectivity index (χ4v) is 0.625. The minimum absolute atomic E-state index is 0.0698. The zero-order valence-corrected chi connectivity index (χ0v) is 5.77. The van der Waals surface area contributed by atoms with Crippen LogP contribution in [0.15, 0.2) is 12.5 Å². The lowest BCUT2D eigenvalue weighted by molar-refractivity contribution is -0.136. The van der Waals surface area contributed by atoms with Crippen LogP contribution in [0.25, 0.3) is 0 Å². The van der Waals surface area contributed by atoms with E-state index in [1.54, 1.807) is 0 Å². The highest BCUT2D eigenvalue weighted by Crippen LogP contribution is 1.93. The summed E-state index contributed by atoms with van der Waals surface area (Å²) in [7, 11) is 0. The summed E-state index contributed by atoms with van der Waals surface area (Å²) in [5.41, 5.74) is 0.606. The second kappa shape index (κ2) is 3.60. The molecule has 0 aliphatic heterocycles. The van der Waals surface area contributed by atoms with E-state index in [-0.39, 0.29) is 6.42 Å². The van der Waals surface area contributed by atoms with E-state index in [9.17, 15) is 4.79 Å². The summed E-state index contributed by atoms with van der Waals surface area (Å²) in [6.45, 7) is 0. The van der Waals surface area contributed by atoms with Gasteiger partial charge in [0.05, 0.1) is 18.3 Å². The molecular weight excluding hydrogens is 146 g/mol. The molecule has 0 saturated heterocycles. The predicted octanol–water partition coefficient (Wildman–Crippen LogP) is -0.111. The Kier molecular flexibility index (Phi) is 2.48. The molecule has 1 rings (SSSR count). The number of aryl methyl sites for hydroxylation is 1. The van der Waals surface area contributed by atoms with Crippen molar-refractivity contribution in [1.29, 1.82) is 0 Å². The molecule has 0 atom stereocenters. The highest BCUT2D eigenvalue weighted by atomic mass is 16.4. The summed E-state index contributed by atoms with van der Waals surface area (Å²) in [6.07, 6.45) is 3.27. The molecule has 58 valence electrons. The summed E-state index contributed by atoms with van der Waals surface area (Å²) in [5, 5.41) is 15.5. The van der Waals surface area contributed by atoms with Crippen molar-refractivity contribution in [2.45, 2.75) is 12.8 Å². The number of rotatable bonds is 3. The van der Waals surface area contributed by atoms with E-state index >= 15 is 0 Å². The Morgan fingerprint density at radius 2 is 2.45 bits per heavy atom. The van der Waals surface area contributed by atoms with Crippen molar-refractivity contribution in [3.8, 4) is 0 Å². The second-order valence-electron chi connectivity index (χ2n) is 1.99. The molecule has 0 saturated carbocycles. The quantitative estimate of drug-likeness (QED) is 0.655. The van der Waals surface area contributed by atoms with Gasteiger partial charge >= 0.3 is 5.97 Å². The summed E-state index contributed by atoms with van der Waals surface area (Å²) in [5.74, 6) is -0.837. The van der Waals surface area contributed by atoms with E-state index in [1.807, 2.05) is 0 Å². The van der Waals surface area contributed by atoms with Crippen molar-refractivity contribution in [1.82, 2.24) is 15.2 Å². The Balaban J connectivity index is 2.45. The van der Waals surface area contributed by atoms with Crippen LogP contribution in [0.4, 0.5) is 0 Å². The summed E-state index contributed by atoms with van der Waals surface area (Å²) >= 11 is 0. The van der Waals surface area contributed by atoms with Gasteiger partial charge < -0.3 is 5.11 Å². The van der Waals surface area contributed by atoms with Gasteiger partial charge in [0, 0.05) is 6.42 Å². The smallest absolute Gasteiger partial charge is 0.303 e. The van der Waals surface area contributed by atoms with Gasteiger partial charge in [-0.25, -0.2) is 4.98 Å². The minimum Gasteiger partial charge on any atom is -0.481 e. The van der Waals surface area contributed by atoms with Gasteiger partial charge in [0.25, 0.3) is 0 Å². The van der Waals surface area contributed by atoms with Crippen LogP contribution in [0.1, 0.15) is 12.1 Å². The van der Waals surface area contributed by atoms with Crippen LogP contribution in [0.5, 0.6) is 0 Å². The van der Waals surface area contributed by atoms with E-state index < -0.39 is 5.97 Å². The molecule has 0 unspecified atom stereocenters. The molecule has 0 fully saturated rings. The molecule has 0 aliphatic carbocycles. The van der Waals surface area contributed by atoms with Crippen LogP contribution in [0.3, 0.4) is 0 Å². The largest absolute Gasteiger partial charge is 0.481 e. The first-order chi connectivity index (χ1) is 5.29. The molecule has 5 nitrogen and oxygen atoms in total. The normalized spacial score (nSPS) is 9.45. The zero-order valence-electron chi connectivity index (χ0n) is 5.77. The van der Waals surface area contributed by atoms with Gasteiger partial charge in [-0.05, 0) is 0 Å². The Morgan fingerprint density at radius 3 is 3.00 bits per heavy atom. The third-order valence-corrected chi connectivity index (χ3v) is 1.12. The SMILES string of the molecule is O=C(O)CCc1cncnn1. The van der Waals surface area contributed by atoms with Gasteiger partial charge in [0.15, 0.2) is 0 Å². The van der Waals surface area contributed by atoms with Gasteiger partial charge in [0.2, 0.25) is 0 Å². The number of hydrogen-bond donors (Lipinski definition) is 1. The molecule has 11 heavy (non-hydrogen) atoms. The molecule has 0 amide bonds. The molecule has 0 aliphatic rings. The number of carboxylic acid groups (broad SMARTS) is 1. The van der Waals surface area contributed by atoms with Crippen molar-refractivity contribution < 1.29 is 9.90 Å². The van der Waals surface area contributed by atoms with Crippen LogP contribution < -0.4 is 0 Å². The van der Waals surface area contributed by atoms with Crippen LogP contribution >= 0.6 is 0 Å². The average Bonchev–Trinajstić information content (AvgIpc) is 2.03. The van der Waals surface area contributed by atoms with Gasteiger partial charge in [-0.1, -0.05) is 0 Å². The lowest BCUT2D eigenvalue weighted by Crippen LogP contribution is -2.00. The van der Waals surface area contributed by atoms with Crippen molar-refractivity contribution >= 4 is 5.97 Å². The lowest BCUT2D eigenvalue weighted by atomic mass is 10.2. The number of aromatic nitrogens is 3. The van der Waals surface area contributed by atoms with Crippen LogP contribution in [0, 0.1) is 0 Å². The maximum atomic E-state index is 10.1. The van der Waals surface area contributed by atoms with Crippen molar-refractivity contribution in [3.63, 3.8) is 0 Å². The van der Waals surface area contributed by atoms with Gasteiger partial charge in [-0.3, -0.25) is 4.79 Å². The second-order valence-corrected chi connectivity index (χ2v) is 1.99. The van der Waals surface area contributed by atoms with E-state index in [2.05, 4.69) is 15.2 Å². The van der Waals surface area contributed by atoms with Crippen molar-refractivity contribution in [2.75, 3.05) is 0 Å². The van der Waals surface area contributed by atoms with Crippen LogP contribution in [-0.4, -0.2) is 26.3 Å². The third kappa shape index (κ3) is 2.70. The number of carboxylic acids is 1. The Bertz CT molecular complexity index is 237. The lowest BCUT2D eigenvalue weighted by Gasteiger charge is -1.92. The third-order valence-electron chi connectivity index (χ3n) is 1.12. The Labute approximate surface area is 63.1 Å². The number of hydrogen-bond acceptors (Lipinski definition) is 4. The highest BCUT2D eigenvalue weighted by molar-refractivity contribution is 5.66. The maximum Gasteiger partial charge on any atom is 0.303 e. The topological polar surface area (TPSA) is 76.0 Å². The van der Waals surface area contributed by atoms with E-state index in [0.717, 1.165) is 0 Å². The maximum absolute atomic E-state index is 10.1. The molecule has 0 aromatic carbocycles. The number of nitrogens with zero attached hydrogens (tertiary/aromatic N) is 3. The average molecular weight is 153 g/mol. The van der Waals surface area contributed by atoms with Crippen LogP contribution in [-0.2, 0) is 11.2 Å². The summed E-state index contributed by atoms with van der Waals surface area (Å²) < 4.78 is 0. The van der Waals surface area contributed by atoms with E-state index in [0.29, 0.717) is 12.1 Å². The fraction of sp³-hybridized carbons (Fsp3) is 0.333. The molecule has 1 aromatic heterocycles. The summed E-state index contributed by atoms with van der Waals surface area (Å²) in [6, 6.07) is 0. The van der Waals surface area contributed by atoms with Crippen molar-refractivity contribution in [3.05, 3.63) is 18.2 Å². The molecule has 0 radical (unpaired) electrons. The minimum atomic E-state index is -0.837. The zero-order chi connectivity index (χ0) is 8.10. The van der Waals surface area contributed by atoms with Gasteiger partial charge in [-0.2, -0.15) is 5.10 Å². The molecule has 0 bridgehead atoms. The first kappa shape index (κ1) is 7.59. The number of aliphatic carboxylic acids is 1. The first-order valence-corrected chi connectivity index (χ1v) is 3.12. The van der Waals surface area contributed by atoms with Crippen molar-refractivity contribution in [2.24, 2.45) is 0 Å². The standard InChI is InChI=1S/C6H7N3O2/c10-6(11)2-1-5-3-7-4-8-9-5/h3-4H,1-2H2,(H,10,11). The molecule has 1 heterocycles. The van der Waals surface area contributed by atoms with E-state index in [1.165, 1.54) is 12.5 Å². The molecular formula is C6H7N3O2. The van der Waals surface area contributed by atoms with Crippen LogP contribution in [0.2, 0.25) is 0 Å². The predicted molar refractivity (Wildman–Crippen MR) is 35.8 cm³/mol. The fourth-order valence-electron chi connectivity index (χ4n) is 0.625. The van der Waals surface area contributed by atoms with Gasteiger partial charge in [-0.15, -0.1) is 5.10 Å². The monoisotopic (exact) mass is 153 g/mol. The molecule has 0 spiro atoms. The van der Waals surface area contributed by atoms with E-state index in [4.69, 9.17) is 5.11 Å². The first-order valence-electron chi connectivity index (χ1n) is 3.12. The Hall–Kier alpha value is -1.52.